The van der Waals surface area contributed by atoms with Crippen LogP contribution in [-0.4, -0.2) is 50.3 Å². The van der Waals surface area contributed by atoms with Crippen molar-refractivity contribution < 1.29 is 14.4 Å². The van der Waals surface area contributed by atoms with Crippen molar-refractivity contribution in [1.29, 1.82) is 0 Å². The lowest BCUT2D eigenvalue weighted by Gasteiger charge is -2.11. The van der Waals surface area contributed by atoms with E-state index in [1.807, 2.05) is 24.3 Å². The maximum absolute atomic E-state index is 12.1. The molecule has 0 fully saturated rings. The number of nitrogens with zero attached hydrogens (tertiary/aromatic N) is 1. The highest BCUT2D eigenvalue weighted by molar-refractivity contribution is 5.96. The molecule has 0 aromatic heterocycles. The molecule has 0 radical (unpaired) electrons. The molecule has 0 saturated heterocycles. The van der Waals surface area contributed by atoms with Crippen LogP contribution >= 0.6 is 0 Å². The lowest BCUT2D eigenvalue weighted by atomic mass is 10.1. The van der Waals surface area contributed by atoms with Crippen LogP contribution in [0.3, 0.4) is 0 Å². The number of hydrogen-bond donors (Lipinski definition) is 3. The maximum Gasteiger partial charge on any atom is 0.251 e. The lowest BCUT2D eigenvalue weighted by Crippen LogP contribution is -2.22. The first-order valence-corrected chi connectivity index (χ1v) is 9.04. The highest BCUT2D eigenvalue weighted by Gasteiger charge is 2.06. The maximum atomic E-state index is 12.1. The zero-order valence-electron chi connectivity index (χ0n) is 16.4. The van der Waals surface area contributed by atoms with Crippen molar-refractivity contribution in [2.45, 2.75) is 12.8 Å². The van der Waals surface area contributed by atoms with Gasteiger partial charge in [0.25, 0.3) is 5.91 Å². The van der Waals surface area contributed by atoms with E-state index < -0.39 is 0 Å². The summed E-state index contributed by atoms with van der Waals surface area (Å²) >= 11 is 0. The Morgan fingerprint density at radius 1 is 0.893 bits per heavy atom. The summed E-state index contributed by atoms with van der Waals surface area (Å²) in [4.78, 5) is 36.8. The second kappa shape index (κ2) is 10.1. The third-order valence-corrected chi connectivity index (χ3v) is 4.19. The van der Waals surface area contributed by atoms with Gasteiger partial charge in [-0.2, -0.15) is 0 Å². The van der Waals surface area contributed by atoms with Crippen molar-refractivity contribution in [3.63, 3.8) is 0 Å². The van der Waals surface area contributed by atoms with Gasteiger partial charge in [0.15, 0.2) is 0 Å². The molecule has 7 heteroatoms. The monoisotopic (exact) mass is 382 g/mol. The topological polar surface area (TPSA) is 90.5 Å². The van der Waals surface area contributed by atoms with Gasteiger partial charge in [-0.1, -0.05) is 12.1 Å². The van der Waals surface area contributed by atoms with E-state index in [1.54, 1.807) is 50.3 Å². The van der Waals surface area contributed by atoms with E-state index in [2.05, 4.69) is 16.0 Å². The van der Waals surface area contributed by atoms with E-state index >= 15 is 0 Å². The van der Waals surface area contributed by atoms with Gasteiger partial charge in [0, 0.05) is 44.5 Å². The Morgan fingerprint density at radius 2 is 1.50 bits per heavy atom. The summed E-state index contributed by atoms with van der Waals surface area (Å²) in [6, 6.07) is 14.4. The molecule has 2 aromatic rings. The molecule has 148 valence electrons. The largest absolute Gasteiger partial charge is 0.376 e. The van der Waals surface area contributed by atoms with Gasteiger partial charge in [-0.15, -0.1) is 0 Å². The van der Waals surface area contributed by atoms with Crippen LogP contribution in [0.15, 0.2) is 48.5 Å². The fourth-order valence-electron chi connectivity index (χ4n) is 2.50. The molecule has 0 saturated carbocycles. The molecular weight excluding hydrogens is 356 g/mol. The zero-order chi connectivity index (χ0) is 20.5. The molecule has 3 N–H and O–H groups in total. The summed E-state index contributed by atoms with van der Waals surface area (Å²) in [5.74, 6) is -0.260. The number of carbonyl (C=O) groups is 3. The first-order valence-electron chi connectivity index (χ1n) is 9.04. The molecule has 3 amide bonds. The van der Waals surface area contributed by atoms with Crippen molar-refractivity contribution >= 4 is 29.1 Å². The minimum Gasteiger partial charge on any atom is -0.376 e. The average molecular weight is 382 g/mol. The highest BCUT2D eigenvalue weighted by Crippen LogP contribution is 2.12. The lowest BCUT2D eigenvalue weighted by molar-refractivity contribution is -0.128. The molecule has 0 unspecified atom stereocenters. The second-order valence-corrected chi connectivity index (χ2v) is 6.54. The van der Waals surface area contributed by atoms with Crippen molar-refractivity contribution in [3.8, 4) is 0 Å². The molecule has 0 bridgehead atoms. The fraction of sp³-hybridized carbons (Fsp3) is 0.286. The van der Waals surface area contributed by atoms with Gasteiger partial charge in [-0.25, -0.2) is 0 Å². The zero-order valence-corrected chi connectivity index (χ0v) is 16.4. The van der Waals surface area contributed by atoms with Gasteiger partial charge in [0.05, 0.1) is 6.54 Å². The standard InChI is InChI=1S/C21H26N4O3/c1-22-21(28)16-7-11-18(12-8-16)24-19(26)14-23-17-9-4-15(5-10-17)6-13-20(27)25(2)3/h4-5,7-12,23H,6,13-14H2,1-3H3,(H,22,28)(H,24,26). The summed E-state index contributed by atoms with van der Waals surface area (Å²) in [7, 11) is 5.06. The molecule has 7 nitrogen and oxygen atoms in total. The van der Waals surface area contributed by atoms with Crippen LogP contribution < -0.4 is 16.0 Å². The Kier molecular flexibility index (Phi) is 7.56. The number of benzene rings is 2. The van der Waals surface area contributed by atoms with Crippen LogP contribution in [0, 0.1) is 0 Å². The molecule has 0 heterocycles. The molecule has 0 aliphatic carbocycles. The Labute approximate surface area is 165 Å². The molecule has 2 aromatic carbocycles. The Bertz CT molecular complexity index is 815. The number of rotatable bonds is 8. The molecular formula is C21H26N4O3. The smallest absolute Gasteiger partial charge is 0.251 e. The average Bonchev–Trinajstić information content (AvgIpc) is 2.71. The van der Waals surface area contributed by atoms with Crippen LogP contribution in [0.1, 0.15) is 22.3 Å². The minimum absolute atomic E-state index is 0.0993. The van der Waals surface area contributed by atoms with E-state index in [4.69, 9.17) is 0 Å². The van der Waals surface area contributed by atoms with Gasteiger partial charge < -0.3 is 20.9 Å². The van der Waals surface area contributed by atoms with Crippen molar-refractivity contribution in [2.24, 2.45) is 0 Å². The quantitative estimate of drug-likeness (QED) is 0.652. The number of hydrogen-bond acceptors (Lipinski definition) is 4. The molecule has 28 heavy (non-hydrogen) atoms. The van der Waals surface area contributed by atoms with Gasteiger partial charge >= 0.3 is 0 Å². The first-order chi connectivity index (χ1) is 13.4. The summed E-state index contributed by atoms with van der Waals surface area (Å²) in [6.45, 7) is 0.121. The summed E-state index contributed by atoms with van der Waals surface area (Å²) < 4.78 is 0. The van der Waals surface area contributed by atoms with E-state index in [0.717, 1.165) is 11.3 Å². The van der Waals surface area contributed by atoms with Crippen molar-refractivity contribution in [3.05, 3.63) is 59.7 Å². The SMILES string of the molecule is CNC(=O)c1ccc(NC(=O)CNc2ccc(CCC(=O)N(C)C)cc2)cc1. The van der Waals surface area contributed by atoms with E-state index in [0.29, 0.717) is 24.1 Å². The number of anilines is 2. The van der Waals surface area contributed by atoms with E-state index in [-0.39, 0.29) is 24.3 Å². The van der Waals surface area contributed by atoms with Gasteiger partial charge in [0.1, 0.15) is 0 Å². The molecule has 0 atom stereocenters. The molecule has 0 spiro atoms. The second-order valence-electron chi connectivity index (χ2n) is 6.54. The molecule has 2 rings (SSSR count). The van der Waals surface area contributed by atoms with Crippen molar-refractivity contribution in [2.75, 3.05) is 38.3 Å². The van der Waals surface area contributed by atoms with Crippen LogP contribution in [0.2, 0.25) is 0 Å². The van der Waals surface area contributed by atoms with Gasteiger partial charge in [0.2, 0.25) is 11.8 Å². The Balaban J connectivity index is 1.79. The molecule has 0 aliphatic heterocycles. The number of amides is 3. The summed E-state index contributed by atoms with van der Waals surface area (Å²) in [5, 5.41) is 8.39. The predicted octanol–water partition coefficient (Wildman–Crippen LogP) is 2.12. The van der Waals surface area contributed by atoms with Crippen molar-refractivity contribution in [1.82, 2.24) is 10.2 Å². The Morgan fingerprint density at radius 3 is 2.07 bits per heavy atom. The number of carbonyl (C=O) groups excluding carboxylic acids is 3. The Hall–Kier alpha value is -3.35. The minimum atomic E-state index is -0.187. The normalized spacial score (nSPS) is 10.1. The number of nitrogens with one attached hydrogen (secondary N) is 3. The van der Waals surface area contributed by atoms with E-state index in [9.17, 15) is 14.4 Å². The van der Waals surface area contributed by atoms with Crippen LogP contribution in [0.5, 0.6) is 0 Å². The van der Waals surface area contributed by atoms with Crippen LogP contribution in [0.4, 0.5) is 11.4 Å². The summed E-state index contributed by atoms with van der Waals surface area (Å²) in [6.07, 6.45) is 1.16. The molecule has 0 aliphatic rings. The highest BCUT2D eigenvalue weighted by atomic mass is 16.2. The summed E-state index contributed by atoms with van der Waals surface area (Å²) in [5.41, 5.74) is 3.06. The number of aryl methyl sites for hydroxylation is 1. The van der Waals surface area contributed by atoms with Gasteiger partial charge in [-0.05, 0) is 48.4 Å². The third-order valence-electron chi connectivity index (χ3n) is 4.19. The predicted molar refractivity (Wildman–Crippen MR) is 110 cm³/mol. The fourth-order valence-corrected chi connectivity index (χ4v) is 2.50. The van der Waals surface area contributed by atoms with Crippen LogP contribution in [0.25, 0.3) is 0 Å². The van der Waals surface area contributed by atoms with Crippen LogP contribution in [-0.2, 0) is 16.0 Å². The van der Waals surface area contributed by atoms with Gasteiger partial charge in [-0.3, -0.25) is 14.4 Å². The van der Waals surface area contributed by atoms with E-state index in [1.165, 1.54) is 0 Å². The first kappa shape index (κ1) is 21.0. The third kappa shape index (κ3) is 6.42.